The maximum absolute atomic E-state index is 11.9. The lowest BCUT2D eigenvalue weighted by atomic mass is 10.1. The van der Waals surface area contributed by atoms with E-state index in [0.29, 0.717) is 6.54 Å². The number of hydrogen-bond acceptors (Lipinski definition) is 5. The third kappa shape index (κ3) is 2.94. The Kier molecular flexibility index (Phi) is 3.85. The summed E-state index contributed by atoms with van der Waals surface area (Å²) in [6.07, 6.45) is 5.54. The van der Waals surface area contributed by atoms with E-state index in [1.54, 1.807) is 17.5 Å². The van der Waals surface area contributed by atoms with Crippen molar-refractivity contribution in [2.75, 3.05) is 17.1 Å². The molecule has 3 heterocycles. The van der Waals surface area contributed by atoms with Crippen LogP contribution in [0.2, 0.25) is 0 Å². The third-order valence-corrected chi connectivity index (χ3v) is 6.51. The van der Waals surface area contributed by atoms with Crippen molar-refractivity contribution in [1.82, 2.24) is 9.97 Å². The van der Waals surface area contributed by atoms with E-state index < -0.39 is 10.0 Å². The van der Waals surface area contributed by atoms with Crippen LogP contribution >= 0.6 is 11.3 Å². The first-order valence-corrected chi connectivity index (χ1v) is 10.6. The molecule has 0 aliphatic carbocycles. The molecule has 0 amide bonds. The summed E-state index contributed by atoms with van der Waals surface area (Å²) in [7, 11) is -3.22. The summed E-state index contributed by atoms with van der Waals surface area (Å²) < 4.78 is 25.2. The Balaban J connectivity index is 1.74. The minimum atomic E-state index is -3.22. The molecule has 0 atom stereocenters. The van der Waals surface area contributed by atoms with Crippen molar-refractivity contribution in [1.29, 1.82) is 0 Å². The predicted molar refractivity (Wildman–Crippen MR) is 101 cm³/mol. The fraction of sp³-hybridized carbons (Fsp3) is 0.222. The van der Waals surface area contributed by atoms with Crippen LogP contribution in [0.5, 0.6) is 0 Å². The van der Waals surface area contributed by atoms with Crippen molar-refractivity contribution < 1.29 is 8.42 Å². The molecule has 0 saturated heterocycles. The van der Waals surface area contributed by atoms with Crippen LogP contribution in [-0.2, 0) is 16.4 Å². The highest BCUT2D eigenvalue weighted by molar-refractivity contribution is 7.92. The molecular weight excluding hydrogens is 354 g/mol. The molecule has 25 heavy (non-hydrogen) atoms. The van der Waals surface area contributed by atoms with Crippen molar-refractivity contribution in [2.45, 2.75) is 13.3 Å². The van der Waals surface area contributed by atoms with E-state index in [1.165, 1.54) is 10.6 Å². The zero-order valence-electron chi connectivity index (χ0n) is 13.9. The van der Waals surface area contributed by atoms with Gasteiger partial charge >= 0.3 is 0 Å². The predicted octanol–water partition coefficient (Wildman–Crippen LogP) is 3.50. The van der Waals surface area contributed by atoms with Crippen LogP contribution in [0.3, 0.4) is 0 Å². The number of aromatic nitrogens is 2. The summed E-state index contributed by atoms with van der Waals surface area (Å²) in [6.45, 7) is 2.57. The van der Waals surface area contributed by atoms with Crippen LogP contribution in [0.4, 0.5) is 5.69 Å². The second kappa shape index (κ2) is 5.93. The van der Waals surface area contributed by atoms with Gasteiger partial charge in [0.1, 0.15) is 5.01 Å². The lowest BCUT2D eigenvalue weighted by molar-refractivity contribution is 0.598. The van der Waals surface area contributed by atoms with Crippen LogP contribution in [0.25, 0.3) is 21.8 Å². The summed E-state index contributed by atoms with van der Waals surface area (Å²) in [4.78, 5) is 10.1. The first-order valence-electron chi connectivity index (χ1n) is 7.92. The Hall–Kier alpha value is -2.25. The van der Waals surface area contributed by atoms with Crippen LogP contribution in [0.1, 0.15) is 10.4 Å². The Morgan fingerprint density at radius 3 is 2.76 bits per heavy atom. The van der Waals surface area contributed by atoms with Crippen molar-refractivity contribution in [3.63, 3.8) is 0 Å². The highest BCUT2D eigenvalue weighted by Gasteiger charge is 2.26. The molecule has 0 unspecified atom stereocenters. The number of benzene rings is 1. The minimum Gasteiger partial charge on any atom is -0.270 e. The molecule has 3 aromatic rings. The maximum Gasteiger partial charge on any atom is 0.232 e. The van der Waals surface area contributed by atoms with Gasteiger partial charge in [-0.15, -0.1) is 11.3 Å². The number of pyridine rings is 1. The van der Waals surface area contributed by atoms with Gasteiger partial charge < -0.3 is 0 Å². The molecule has 1 aliphatic rings. The number of sulfonamides is 1. The van der Waals surface area contributed by atoms with Gasteiger partial charge in [0.25, 0.3) is 0 Å². The zero-order valence-corrected chi connectivity index (χ0v) is 15.6. The largest absolute Gasteiger partial charge is 0.270 e. The molecule has 0 N–H and O–H groups in total. The van der Waals surface area contributed by atoms with Gasteiger partial charge in [0.2, 0.25) is 10.0 Å². The van der Waals surface area contributed by atoms with Crippen LogP contribution < -0.4 is 4.31 Å². The molecular formula is C18H17N3O2S2. The number of hydrogen-bond donors (Lipinski definition) is 0. The van der Waals surface area contributed by atoms with Crippen molar-refractivity contribution in [3.8, 4) is 21.8 Å². The number of rotatable bonds is 3. The molecule has 0 spiro atoms. The Bertz CT molecular complexity index is 1040. The van der Waals surface area contributed by atoms with Gasteiger partial charge in [0.15, 0.2) is 0 Å². The van der Waals surface area contributed by atoms with Crippen molar-refractivity contribution in [2.24, 2.45) is 0 Å². The van der Waals surface area contributed by atoms with E-state index >= 15 is 0 Å². The lowest BCUT2D eigenvalue weighted by Gasteiger charge is -2.16. The molecule has 4 rings (SSSR count). The highest BCUT2D eigenvalue weighted by Crippen LogP contribution is 2.37. The highest BCUT2D eigenvalue weighted by atomic mass is 32.2. The van der Waals surface area contributed by atoms with E-state index in [0.717, 1.165) is 44.4 Å². The molecule has 1 aromatic carbocycles. The van der Waals surface area contributed by atoms with Crippen LogP contribution in [0.15, 0.2) is 42.7 Å². The molecule has 0 radical (unpaired) electrons. The molecule has 2 aromatic heterocycles. The van der Waals surface area contributed by atoms with Crippen molar-refractivity contribution in [3.05, 3.63) is 53.2 Å². The summed E-state index contributed by atoms with van der Waals surface area (Å²) in [5.41, 5.74) is 4.82. The Morgan fingerprint density at radius 1 is 1.20 bits per heavy atom. The van der Waals surface area contributed by atoms with Gasteiger partial charge in [-0.3, -0.25) is 9.29 Å². The van der Waals surface area contributed by atoms with E-state index in [1.807, 2.05) is 30.5 Å². The van der Waals surface area contributed by atoms with E-state index in [-0.39, 0.29) is 0 Å². The fourth-order valence-electron chi connectivity index (χ4n) is 3.14. The third-order valence-electron chi connectivity index (χ3n) is 4.31. The normalized spacial score (nSPS) is 13.9. The monoisotopic (exact) mass is 371 g/mol. The smallest absolute Gasteiger partial charge is 0.232 e. The lowest BCUT2D eigenvalue weighted by Crippen LogP contribution is -2.27. The fourth-order valence-corrected chi connectivity index (χ4v) is 5.02. The van der Waals surface area contributed by atoms with Crippen LogP contribution in [0, 0.1) is 6.92 Å². The molecule has 7 heteroatoms. The molecule has 0 saturated carbocycles. The summed E-state index contributed by atoms with van der Waals surface area (Å²) in [5, 5.41) is 0.943. The first-order chi connectivity index (χ1) is 11.9. The summed E-state index contributed by atoms with van der Waals surface area (Å²) in [6, 6.07) is 9.82. The maximum atomic E-state index is 11.9. The standard InChI is InChI=1S/C18H17N3O2S2/c1-12-17(20-18(24-12)15-4-3-8-19-11-15)14-5-6-16-13(10-14)7-9-21(16)25(2,22)23/h3-6,8,10-11H,7,9H2,1-2H3. The molecule has 0 bridgehead atoms. The Labute approximate surface area is 151 Å². The number of aryl methyl sites for hydroxylation is 1. The first kappa shape index (κ1) is 16.2. The average Bonchev–Trinajstić information content (AvgIpc) is 3.18. The number of anilines is 1. The number of thiazole rings is 1. The van der Waals surface area contributed by atoms with Crippen LogP contribution in [-0.4, -0.2) is 31.2 Å². The molecule has 5 nitrogen and oxygen atoms in total. The second-order valence-corrected chi connectivity index (χ2v) is 9.20. The quantitative estimate of drug-likeness (QED) is 0.707. The van der Waals surface area contributed by atoms with E-state index in [4.69, 9.17) is 4.98 Å². The molecule has 128 valence electrons. The summed E-state index contributed by atoms with van der Waals surface area (Å²) in [5.74, 6) is 0. The topological polar surface area (TPSA) is 63.2 Å². The SMILES string of the molecule is Cc1sc(-c2cccnc2)nc1-c1ccc2c(c1)CCN2S(C)(=O)=O. The molecule has 0 fully saturated rings. The van der Waals surface area contributed by atoms with Gasteiger partial charge in [0, 0.05) is 34.9 Å². The minimum absolute atomic E-state index is 0.509. The van der Waals surface area contributed by atoms with Gasteiger partial charge in [-0.25, -0.2) is 13.4 Å². The second-order valence-electron chi connectivity index (χ2n) is 6.09. The van der Waals surface area contributed by atoms with Gasteiger partial charge in [-0.1, -0.05) is 6.07 Å². The number of fused-ring (bicyclic) bond motifs is 1. The van der Waals surface area contributed by atoms with Crippen molar-refractivity contribution >= 4 is 27.0 Å². The van der Waals surface area contributed by atoms with E-state index in [2.05, 4.69) is 18.0 Å². The Morgan fingerprint density at radius 2 is 2.04 bits per heavy atom. The van der Waals surface area contributed by atoms with Gasteiger partial charge in [-0.05, 0) is 43.2 Å². The van der Waals surface area contributed by atoms with Gasteiger partial charge in [-0.2, -0.15) is 0 Å². The number of nitrogens with zero attached hydrogens (tertiary/aromatic N) is 3. The molecule has 1 aliphatic heterocycles. The van der Waals surface area contributed by atoms with Gasteiger partial charge in [0.05, 0.1) is 17.6 Å². The average molecular weight is 371 g/mol. The summed E-state index contributed by atoms with van der Waals surface area (Å²) >= 11 is 1.64. The zero-order chi connectivity index (χ0) is 17.6. The van der Waals surface area contributed by atoms with E-state index in [9.17, 15) is 8.42 Å².